The number of amides is 1. The van der Waals surface area contributed by atoms with Crippen LogP contribution in [-0.4, -0.2) is 31.8 Å². The third kappa shape index (κ3) is 4.22. The van der Waals surface area contributed by atoms with Gasteiger partial charge in [-0.1, -0.05) is 42.1 Å². The highest BCUT2D eigenvalue weighted by molar-refractivity contribution is 7.99. The molecule has 0 radical (unpaired) electrons. The van der Waals surface area contributed by atoms with Crippen LogP contribution in [0.4, 0.5) is 15.8 Å². The Hall–Kier alpha value is -3.27. The Morgan fingerprint density at radius 1 is 1.27 bits per heavy atom. The van der Waals surface area contributed by atoms with Crippen molar-refractivity contribution in [3.63, 3.8) is 0 Å². The second-order valence-electron chi connectivity index (χ2n) is 5.09. The molecule has 8 nitrogen and oxygen atoms in total. The Morgan fingerprint density at radius 3 is 2.77 bits per heavy atom. The predicted molar refractivity (Wildman–Crippen MR) is 94.2 cm³/mol. The van der Waals surface area contributed by atoms with E-state index in [2.05, 4.69) is 20.5 Å². The summed E-state index contributed by atoms with van der Waals surface area (Å²) < 4.78 is 13.7. The minimum Gasteiger partial charge on any atom is -0.323 e. The van der Waals surface area contributed by atoms with Crippen LogP contribution in [0.3, 0.4) is 0 Å². The summed E-state index contributed by atoms with van der Waals surface area (Å²) in [6, 6.07) is 12.3. The number of hydrogen-bond acceptors (Lipinski definition) is 6. The van der Waals surface area contributed by atoms with Crippen molar-refractivity contribution in [3.8, 4) is 11.4 Å². The molecule has 0 fully saturated rings. The Kier molecular flexibility index (Phi) is 5.23. The Labute approximate surface area is 151 Å². The monoisotopic (exact) mass is 373 g/mol. The summed E-state index contributed by atoms with van der Waals surface area (Å²) in [5.41, 5.74) is 0.301. The topological polar surface area (TPSA) is 114 Å². The van der Waals surface area contributed by atoms with Crippen LogP contribution in [-0.2, 0) is 4.79 Å². The van der Waals surface area contributed by atoms with Gasteiger partial charge in [-0.3, -0.25) is 20.0 Å². The van der Waals surface area contributed by atoms with Crippen molar-refractivity contribution in [1.82, 2.24) is 15.2 Å². The molecule has 0 saturated carbocycles. The highest BCUT2D eigenvalue weighted by Gasteiger charge is 2.14. The van der Waals surface area contributed by atoms with Gasteiger partial charge in [0.05, 0.1) is 16.4 Å². The quantitative estimate of drug-likeness (QED) is 0.389. The number of nitro benzene ring substituents is 1. The van der Waals surface area contributed by atoms with Gasteiger partial charge in [-0.05, 0) is 6.07 Å². The Bertz CT molecular complexity index is 948. The van der Waals surface area contributed by atoms with Crippen LogP contribution >= 0.6 is 11.8 Å². The molecular weight excluding hydrogens is 361 g/mol. The number of carbonyl (C=O) groups is 1. The molecule has 3 aromatic rings. The van der Waals surface area contributed by atoms with Gasteiger partial charge in [0.1, 0.15) is 5.82 Å². The highest BCUT2D eigenvalue weighted by atomic mass is 32.2. The van der Waals surface area contributed by atoms with Crippen LogP contribution in [0.25, 0.3) is 11.4 Å². The zero-order valence-corrected chi connectivity index (χ0v) is 14.0. The van der Waals surface area contributed by atoms with E-state index < -0.39 is 16.6 Å². The highest BCUT2D eigenvalue weighted by Crippen LogP contribution is 2.22. The van der Waals surface area contributed by atoms with Crippen LogP contribution in [0, 0.1) is 15.9 Å². The van der Waals surface area contributed by atoms with Crippen LogP contribution in [0.2, 0.25) is 0 Å². The fraction of sp³-hybridized carbons (Fsp3) is 0.0625. The standard InChI is InChI=1S/C16H12FN5O3S/c17-12-7-6-11(22(24)25)8-13(12)18-14(23)9-26-16-19-15(20-21-16)10-4-2-1-3-5-10/h1-8H,9H2,(H,18,23)(H,19,20,21). The van der Waals surface area contributed by atoms with E-state index in [-0.39, 0.29) is 17.1 Å². The number of anilines is 1. The number of hydrogen-bond donors (Lipinski definition) is 2. The summed E-state index contributed by atoms with van der Waals surface area (Å²) in [7, 11) is 0. The molecule has 3 rings (SSSR count). The molecule has 1 heterocycles. The molecule has 0 bridgehead atoms. The molecule has 0 unspecified atom stereocenters. The van der Waals surface area contributed by atoms with Gasteiger partial charge < -0.3 is 5.32 Å². The van der Waals surface area contributed by atoms with E-state index in [1.54, 1.807) is 0 Å². The van der Waals surface area contributed by atoms with Crippen LogP contribution in [0.1, 0.15) is 0 Å². The first-order chi connectivity index (χ1) is 12.5. The minimum atomic E-state index is -0.752. The first-order valence-corrected chi connectivity index (χ1v) is 8.36. The lowest BCUT2D eigenvalue weighted by Crippen LogP contribution is -2.15. The van der Waals surface area contributed by atoms with E-state index in [1.807, 2.05) is 30.3 Å². The Balaban J connectivity index is 1.61. The van der Waals surface area contributed by atoms with Crippen molar-refractivity contribution in [1.29, 1.82) is 0 Å². The Morgan fingerprint density at radius 2 is 2.04 bits per heavy atom. The van der Waals surface area contributed by atoms with Crippen LogP contribution in [0.5, 0.6) is 0 Å². The number of rotatable bonds is 6. The number of aromatic nitrogens is 3. The summed E-state index contributed by atoms with van der Waals surface area (Å²) in [6.45, 7) is 0. The lowest BCUT2D eigenvalue weighted by atomic mass is 10.2. The molecule has 0 atom stereocenters. The molecule has 26 heavy (non-hydrogen) atoms. The molecule has 1 amide bonds. The molecule has 132 valence electrons. The second-order valence-corrected chi connectivity index (χ2v) is 6.03. The van der Waals surface area contributed by atoms with Crippen molar-refractivity contribution in [2.24, 2.45) is 0 Å². The summed E-state index contributed by atoms with van der Waals surface area (Å²) >= 11 is 1.06. The molecule has 0 spiro atoms. The van der Waals surface area contributed by atoms with E-state index >= 15 is 0 Å². The number of non-ortho nitro benzene ring substituents is 1. The number of H-pyrrole nitrogens is 1. The van der Waals surface area contributed by atoms with Crippen molar-refractivity contribution < 1.29 is 14.1 Å². The number of aromatic amines is 1. The van der Waals surface area contributed by atoms with Crippen molar-refractivity contribution in [2.45, 2.75) is 5.16 Å². The predicted octanol–water partition coefficient (Wildman–Crippen LogP) is 3.25. The average molecular weight is 373 g/mol. The number of halogens is 1. The SMILES string of the molecule is O=C(CSc1n[nH]c(-c2ccccc2)n1)Nc1cc([N+](=O)[O-])ccc1F. The molecular formula is C16H12FN5O3S. The smallest absolute Gasteiger partial charge is 0.271 e. The molecule has 2 aromatic carbocycles. The van der Waals surface area contributed by atoms with Crippen molar-refractivity contribution in [3.05, 3.63) is 64.5 Å². The van der Waals surface area contributed by atoms with Gasteiger partial charge in [0.15, 0.2) is 5.82 Å². The molecule has 0 aliphatic heterocycles. The van der Waals surface area contributed by atoms with Gasteiger partial charge >= 0.3 is 0 Å². The first-order valence-electron chi connectivity index (χ1n) is 7.37. The molecule has 1 aromatic heterocycles. The number of nitrogens with one attached hydrogen (secondary N) is 2. The van der Waals surface area contributed by atoms with E-state index in [0.29, 0.717) is 11.0 Å². The summed E-state index contributed by atoms with van der Waals surface area (Å²) in [4.78, 5) is 26.3. The number of benzene rings is 2. The first kappa shape index (κ1) is 17.5. The fourth-order valence-electron chi connectivity index (χ4n) is 2.08. The van der Waals surface area contributed by atoms with Gasteiger partial charge in [0.25, 0.3) is 5.69 Å². The normalized spacial score (nSPS) is 10.5. The van der Waals surface area contributed by atoms with Crippen LogP contribution < -0.4 is 5.32 Å². The maximum Gasteiger partial charge on any atom is 0.271 e. The number of nitrogens with zero attached hydrogens (tertiary/aromatic N) is 3. The van der Waals surface area contributed by atoms with Crippen molar-refractivity contribution in [2.75, 3.05) is 11.1 Å². The number of thioether (sulfide) groups is 1. The lowest BCUT2D eigenvalue weighted by Gasteiger charge is -2.05. The number of nitro groups is 1. The summed E-state index contributed by atoms with van der Waals surface area (Å²) in [5, 5.41) is 20.2. The van der Waals surface area contributed by atoms with E-state index in [9.17, 15) is 19.3 Å². The van der Waals surface area contributed by atoms with Gasteiger partial charge in [0.2, 0.25) is 11.1 Å². The zero-order valence-electron chi connectivity index (χ0n) is 13.2. The molecule has 2 N–H and O–H groups in total. The summed E-state index contributed by atoms with van der Waals surface area (Å²) in [5.74, 6) is -0.786. The molecule has 0 aliphatic rings. The van der Waals surface area contributed by atoms with Crippen molar-refractivity contribution >= 4 is 29.0 Å². The summed E-state index contributed by atoms with van der Waals surface area (Å²) in [6.07, 6.45) is 0. The molecule has 10 heteroatoms. The van der Waals surface area contributed by atoms with E-state index in [1.165, 1.54) is 0 Å². The second kappa shape index (κ2) is 7.74. The lowest BCUT2D eigenvalue weighted by molar-refractivity contribution is -0.384. The maximum atomic E-state index is 13.7. The third-order valence-electron chi connectivity index (χ3n) is 3.28. The van der Waals surface area contributed by atoms with E-state index in [4.69, 9.17) is 0 Å². The minimum absolute atomic E-state index is 0.0752. The largest absolute Gasteiger partial charge is 0.323 e. The van der Waals surface area contributed by atoms with Gasteiger partial charge in [-0.2, -0.15) is 0 Å². The third-order valence-corrected chi connectivity index (χ3v) is 4.13. The molecule has 0 saturated heterocycles. The number of carbonyl (C=O) groups excluding carboxylic acids is 1. The van der Waals surface area contributed by atoms with Gasteiger partial charge in [0, 0.05) is 17.7 Å². The average Bonchev–Trinajstić information content (AvgIpc) is 3.11. The zero-order chi connectivity index (χ0) is 18.5. The molecule has 0 aliphatic carbocycles. The fourth-order valence-corrected chi connectivity index (χ4v) is 2.67. The maximum absolute atomic E-state index is 13.7. The van der Waals surface area contributed by atoms with Crippen LogP contribution in [0.15, 0.2) is 53.7 Å². The van der Waals surface area contributed by atoms with E-state index in [0.717, 1.165) is 35.5 Å². The van der Waals surface area contributed by atoms with Gasteiger partial charge in [-0.25, -0.2) is 9.37 Å². The van der Waals surface area contributed by atoms with Gasteiger partial charge in [-0.15, -0.1) is 5.10 Å².